The smallest absolute Gasteiger partial charge is 0.252 e. The fourth-order valence-electron chi connectivity index (χ4n) is 6.04. The van der Waals surface area contributed by atoms with Gasteiger partial charge in [-0.1, -0.05) is 23.7 Å². The molecule has 3 heteroatoms. The molecule has 4 aliphatic rings. The third-order valence-corrected chi connectivity index (χ3v) is 7.03. The zero-order valence-corrected chi connectivity index (χ0v) is 15.7. The summed E-state index contributed by atoms with van der Waals surface area (Å²) in [6, 6.07) is 5.79. The van der Waals surface area contributed by atoms with Crippen molar-refractivity contribution in [1.29, 1.82) is 0 Å². The van der Waals surface area contributed by atoms with Crippen LogP contribution in [0.3, 0.4) is 0 Å². The zero-order chi connectivity index (χ0) is 17.4. The molecule has 4 bridgehead atoms. The lowest BCUT2D eigenvalue weighted by Gasteiger charge is -2.56. The Morgan fingerprint density at radius 1 is 1.20 bits per heavy atom. The molecule has 1 N–H and O–H groups in total. The molecule has 0 saturated heterocycles. The number of benzene rings is 1. The molecule has 1 aromatic rings. The number of carbonyl (C=O) groups is 1. The molecule has 25 heavy (non-hydrogen) atoms. The first kappa shape index (κ1) is 17.1. The van der Waals surface area contributed by atoms with E-state index in [0.29, 0.717) is 16.0 Å². The maximum absolute atomic E-state index is 12.8. The van der Waals surface area contributed by atoms with Gasteiger partial charge in [0.2, 0.25) is 0 Å². The van der Waals surface area contributed by atoms with E-state index in [1.165, 1.54) is 38.5 Å². The number of rotatable bonds is 6. The molecule has 0 atom stereocenters. The van der Waals surface area contributed by atoms with Crippen LogP contribution >= 0.6 is 11.6 Å². The highest BCUT2D eigenvalue weighted by Crippen LogP contribution is 2.59. The van der Waals surface area contributed by atoms with Gasteiger partial charge in [0.25, 0.3) is 5.91 Å². The quantitative estimate of drug-likeness (QED) is 0.678. The average molecular weight is 358 g/mol. The second-order valence-corrected chi connectivity index (χ2v) is 9.15. The molecule has 4 aliphatic carbocycles. The molecular formula is C22H28ClNO. The number of hydrogen-bond donors (Lipinski definition) is 1. The van der Waals surface area contributed by atoms with Gasteiger partial charge in [0.1, 0.15) is 0 Å². The van der Waals surface area contributed by atoms with Crippen LogP contribution in [0, 0.1) is 23.2 Å². The molecule has 0 radical (unpaired) electrons. The lowest BCUT2D eigenvalue weighted by molar-refractivity contribution is -0.0503. The highest BCUT2D eigenvalue weighted by molar-refractivity contribution is 6.33. The van der Waals surface area contributed by atoms with Gasteiger partial charge in [-0.25, -0.2) is 0 Å². The van der Waals surface area contributed by atoms with Crippen molar-refractivity contribution in [1.82, 2.24) is 5.32 Å². The number of hydrogen-bond acceptors (Lipinski definition) is 1. The van der Waals surface area contributed by atoms with Crippen LogP contribution in [-0.2, 0) is 6.42 Å². The minimum absolute atomic E-state index is 0.0128. The van der Waals surface area contributed by atoms with Gasteiger partial charge >= 0.3 is 0 Å². The summed E-state index contributed by atoms with van der Waals surface area (Å²) < 4.78 is 0. The maximum Gasteiger partial charge on any atom is 0.252 e. The maximum atomic E-state index is 12.8. The van der Waals surface area contributed by atoms with Crippen molar-refractivity contribution >= 4 is 17.5 Å². The van der Waals surface area contributed by atoms with E-state index in [9.17, 15) is 4.79 Å². The van der Waals surface area contributed by atoms with Gasteiger partial charge < -0.3 is 5.32 Å². The van der Waals surface area contributed by atoms with Gasteiger partial charge in [0, 0.05) is 6.54 Å². The van der Waals surface area contributed by atoms with Gasteiger partial charge in [0.05, 0.1) is 10.6 Å². The zero-order valence-electron chi connectivity index (χ0n) is 14.9. The van der Waals surface area contributed by atoms with E-state index >= 15 is 0 Å². The van der Waals surface area contributed by atoms with E-state index in [1.54, 1.807) is 0 Å². The average Bonchev–Trinajstić information content (AvgIpc) is 2.58. The predicted molar refractivity (Wildman–Crippen MR) is 103 cm³/mol. The van der Waals surface area contributed by atoms with E-state index in [2.05, 4.69) is 11.9 Å². The van der Waals surface area contributed by atoms with E-state index < -0.39 is 0 Å². The molecule has 1 amide bonds. The first-order valence-electron chi connectivity index (χ1n) is 9.74. The molecule has 0 aliphatic heterocycles. The van der Waals surface area contributed by atoms with Crippen molar-refractivity contribution in [2.45, 2.75) is 51.4 Å². The summed E-state index contributed by atoms with van der Waals surface area (Å²) in [5.74, 6) is 2.72. The topological polar surface area (TPSA) is 29.1 Å². The number of nitrogens with one attached hydrogen (secondary N) is 1. The highest BCUT2D eigenvalue weighted by atomic mass is 35.5. The molecule has 5 rings (SSSR count). The Kier molecular flexibility index (Phi) is 4.66. The van der Waals surface area contributed by atoms with Gasteiger partial charge in [-0.05, 0) is 92.2 Å². The van der Waals surface area contributed by atoms with E-state index in [0.717, 1.165) is 42.7 Å². The fourth-order valence-corrected chi connectivity index (χ4v) is 6.24. The summed E-state index contributed by atoms with van der Waals surface area (Å²) in [4.78, 5) is 12.8. The molecule has 134 valence electrons. The first-order chi connectivity index (χ1) is 12.1. The number of carbonyl (C=O) groups excluding carboxylic acids is 1. The van der Waals surface area contributed by atoms with Crippen molar-refractivity contribution in [3.05, 3.63) is 47.0 Å². The molecule has 4 fully saturated rings. The van der Waals surface area contributed by atoms with Crippen LogP contribution in [0.25, 0.3) is 0 Å². The van der Waals surface area contributed by atoms with Crippen molar-refractivity contribution in [2.24, 2.45) is 23.2 Å². The number of halogens is 1. The Bertz CT molecular complexity index is 645. The van der Waals surface area contributed by atoms with Crippen molar-refractivity contribution in [3.8, 4) is 0 Å². The van der Waals surface area contributed by atoms with Crippen LogP contribution in [0.1, 0.15) is 60.9 Å². The first-order valence-corrected chi connectivity index (χ1v) is 10.1. The molecule has 0 heterocycles. The Hall–Kier alpha value is -1.28. The van der Waals surface area contributed by atoms with Gasteiger partial charge in [-0.3, -0.25) is 4.79 Å². The van der Waals surface area contributed by atoms with Crippen LogP contribution in [-0.4, -0.2) is 12.5 Å². The second kappa shape index (κ2) is 6.79. The summed E-state index contributed by atoms with van der Waals surface area (Å²) in [5.41, 5.74) is 2.12. The summed E-state index contributed by atoms with van der Waals surface area (Å²) >= 11 is 6.30. The molecule has 0 unspecified atom stereocenters. The molecule has 0 spiro atoms. The van der Waals surface area contributed by atoms with Gasteiger partial charge in [0.15, 0.2) is 0 Å². The minimum atomic E-state index is -0.0128. The van der Waals surface area contributed by atoms with Crippen LogP contribution < -0.4 is 5.32 Å². The Morgan fingerprint density at radius 3 is 2.44 bits per heavy atom. The lowest BCUT2D eigenvalue weighted by atomic mass is 9.49. The summed E-state index contributed by atoms with van der Waals surface area (Å²) in [5, 5.41) is 3.78. The summed E-state index contributed by atoms with van der Waals surface area (Å²) in [6.45, 7) is 4.59. The molecular weight excluding hydrogens is 330 g/mol. The lowest BCUT2D eigenvalue weighted by Crippen LogP contribution is -2.51. The number of amides is 1. The summed E-state index contributed by atoms with van der Waals surface area (Å²) in [6.07, 6.45) is 12.0. The van der Waals surface area contributed by atoms with Crippen LogP contribution in [0.2, 0.25) is 5.02 Å². The third kappa shape index (κ3) is 3.51. The SMILES string of the molecule is C=CCCc1ccc(Cl)c(C(=O)NCC23CC4CC(CC(C4)C2)C3)c1. The molecule has 0 aromatic heterocycles. The van der Waals surface area contributed by atoms with E-state index in [1.807, 2.05) is 24.3 Å². The number of aryl methyl sites for hydroxylation is 1. The van der Waals surface area contributed by atoms with E-state index in [4.69, 9.17) is 11.6 Å². The second-order valence-electron chi connectivity index (χ2n) is 8.74. The van der Waals surface area contributed by atoms with Crippen LogP contribution in [0.5, 0.6) is 0 Å². The van der Waals surface area contributed by atoms with Crippen molar-refractivity contribution < 1.29 is 4.79 Å². The molecule has 2 nitrogen and oxygen atoms in total. The van der Waals surface area contributed by atoms with Crippen LogP contribution in [0.4, 0.5) is 0 Å². The Morgan fingerprint density at radius 2 is 1.84 bits per heavy atom. The summed E-state index contributed by atoms with van der Waals surface area (Å²) in [7, 11) is 0. The minimum Gasteiger partial charge on any atom is -0.351 e. The third-order valence-electron chi connectivity index (χ3n) is 6.70. The van der Waals surface area contributed by atoms with Crippen LogP contribution in [0.15, 0.2) is 30.9 Å². The van der Waals surface area contributed by atoms with E-state index in [-0.39, 0.29) is 5.91 Å². The predicted octanol–water partition coefficient (Wildman–Crippen LogP) is 5.40. The van der Waals surface area contributed by atoms with Crippen molar-refractivity contribution in [2.75, 3.05) is 6.54 Å². The number of allylic oxidation sites excluding steroid dienone is 1. The Balaban J connectivity index is 1.43. The molecule has 1 aromatic carbocycles. The van der Waals surface area contributed by atoms with Gasteiger partial charge in [-0.15, -0.1) is 6.58 Å². The van der Waals surface area contributed by atoms with Gasteiger partial charge in [-0.2, -0.15) is 0 Å². The van der Waals surface area contributed by atoms with Crippen molar-refractivity contribution in [3.63, 3.8) is 0 Å². The normalized spacial score (nSPS) is 32.6. The highest BCUT2D eigenvalue weighted by Gasteiger charge is 2.50. The monoisotopic (exact) mass is 357 g/mol. The Labute approximate surface area is 156 Å². The molecule has 4 saturated carbocycles. The standard InChI is InChI=1S/C22H28ClNO/c1-2-3-4-15-5-6-20(23)19(10-15)21(25)24-14-22-11-16-7-17(12-22)9-18(8-16)13-22/h2,5-6,10,16-18H,1,3-4,7-9,11-14H2,(H,24,25). The largest absolute Gasteiger partial charge is 0.351 e. The fraction of sp³-hybridized carbons (Fsp3) is 0.591.